The van der Waals surface area contributed by atoms with Gasteiger partial charge in [-0.1, -0.05) is 13.0 Å². The van der Waals surface area contributed by atoms with Crippen molar-refractivity contribution < 1.29 is 43.1 Å². The summed E-state index contributed by atoms with van der Waals surface area (Å²) in [6.07, 6.45) is 2.18. The second-order valence-electron chi connectivity index (χ2n) is 13.5. The van der Waals surface area contributed by atoms with Crippen molar-refractivity contribution in [1.82, 2.24) is 9.80 Å². The van der Waals surface area contributed by atoms with Crippen LogP contribution in [0.25, 0.3) is 0 Å². The average molecular weight is 705 g/mol. The van der Waals surface area contributed by atoms with E-state index < -0.39 is 12.1 Å². The van der Waals surface area contributed by atoms with Crippen LogP contribution in [0.15, 0.2) is 54.6 Å². The fourth-order valence-electron chi connectivity index (χ4n) is 6.45. The minimum Gasteiger partial charge on any atom is -0.490 e. The molecule has 0 bridgehead atoms. The topological polar surface area (TPSA) is 140 Å². The van der Waals surface area contributed by atoms with E-state index in [4.69, 9.17) is 28.4 Å². The smallest absolute Gasteiger partial charge is 0.323 e. The van der Waals surface area contributed by atoms with Gasteiger partial charge in [0, 0.05) is 49.6 Å². The molecule has 4 atom stereocenters. The summed E-state index contributed by atoms with van der Waals surface area (Å²) in [5, 5.41) is 15.9. The number of nitrogens with zero attached hydrogens (tertiary/aromatic N) is 2. The van der Waals surface area contributed by atoms with E-state index in [9.17, 15) is 14.7 Å². The Morgan fingerprint density at radius 1 is 0.902 bits per heavy atom. The van der Waals surface area contributed by atoms with E-state index >= 15 is 0 Å². The number of carbonyl (C=O) groups excluding carboxylic acids is 2. The molecule has 0 fully saturated rings. The lowest BCUT2D eigenvalue weighted by molar-refractivity contribution is -0.0177. The summed E-state index contributed by atoms with van der Waals surface area (Å²) < 4.78 is 34.7. The quantitative estimate of drug-likeness (QED) is 0.267. The highest BCUT2D eigenvalue weighted by atomic mass is 16.7. The van der Waals surface area contributed by atoms with E-state index in [1.807, 2.05) is 32.0 Å². The van der Waals surface area contributed by atoms with Crippen LogP contribution in [0.5, 0.6) is 28.7 Å². The molecule has 3 aromatic carbocycles. The van der Waals surface area contributed by atoms with E-state index in [0.717, 1.165) is 36.3 Å². The number of anilines is 2. The van der Waals surface area contributed by atoms with Crippen LogP contribution in [-0.4, -0.2) is 92.0 Å². The molecule has 0 radical (unpaired) electrons. The normalized spacial score (nSPS) is 21.0. The van der Waals surface area contributed by atoms with Crippen molar-refractivity contribution in [2.75, 3.05) is 57.6 Å². The van der Waals surface area contributed by atoms with Crippen LogP contribution in [0.1, 0.15) is 56.0 Å². The molecule has 3 aliphatic heterocycles. The number of hydrogen-bond donors (Lipinski definition) is 3. The molecule has 13 nitrogen and oxygen atoms in total. The van der Waals surface area contributed by atoms with Crippen LogP contribution in [-0.2, 0) is 11.3 Å². The van der Waals surface area contributed by atoms with Crippen molar-refractivity contribution in [2.45, 2.75) is 64.8 Å². The number of hydrogen-bond acceptors (Lipinski definition) is 10. The number of nitrogens with one attached hydrogen (secondary N) is 2. The molecule has 274 valence electrons. The third-order valence-electron chi connectivity index (χ3n) is 9.32. The molecule has 0 spiro atoms. The first kappa shape index (κ1) is 36.1. The first-order valence-corrected chi connectivity index (χ1v) is 17.6. The van der Waals surface area contributed by atoms with Crippen molar-refractivity contribution in [3.8, 4) is 28.7 Å². The number of ether oxygens (including phenoxy) is 6. The van der Waals surface area contributed by atoms with Crippen LogP contribution in [0.4, 0.5) is 16.2 Å². The highest BCUT2D eigenvalue weighted by Gasteiger charge is 2.31. The Morgan fingerprint density at radius 2 is 1.55 bits per heavy atom. The molecule has 0 aliphatic carbocycles. The van der Waals surface area contributed by atoms with Gasteiger partial charge in [0.15, 0.2) is 23.0 Å². The number of aliphatic hydroxyl groups is 1. The summed E-state index contributed by atoms with van der Waals surface area (Å²) in [6, 6.07) is 15.2. The molecule has 0 saturated carbocycles. The fourth-order valence-corrected chi connectivity index (χ4v) is 6.45. The molecule has 3 heterocycles. The number of likely N-dealkylation sites (N-methyl/N-ethyl adjacent to an activating group) is 1. The maximum atomic E-state index is 14.5. The Hall–Kier alpha value is -4.72. The van der Waals surface area contributed by atoms with Gasteiger partial charge in [-0.05, 0) is 88.2 Å². The highest BCUT2D eigenvalue weighted by Crippen LogP contribution is 2.35. The summed E-state index contributed by atoms with van der Waals surface area (Å²) in [7, 11) is 2.05. The Kier molecular flexibility index (Phi) is 11.7. The van der Waals surface area contributed by atoms with Gasteiger partial charge in [0.1, 0.15) is 5.75 Å². The van der Waals surface area contributed by atoms with Crippen LogP contribution >= 0.6 is 0 Å². The van der Waals surface area contributed by atoms with Gasteiger partial charge in [-0.2, -0.15) is 0 Å². The number of carbonyl (C=O) groups is 2. The second kappa shape index (κ2) is 16.5. The monoisotopic (exact) mass is 704 g/mol. The summed E-state index contributed by atoms with van der Waals surface area (Å²) in [4.78, 5) is 31.4. The van der Waals surface area contributed by atoms with Gasteiger partial charge in [0.25, 0.3) is 5.91 Å². The molecule has 3 amide bonds. The molecule has 6 rings (SSSR count). The lowest BCUT2D eigenvalue weighted by Crippen LogP contribution is -2.47. The maximum absolute atomic E-state index is 14.5. The van der Waals surface area contributed by atoms with E-state index in [1.165, 1.54) is 0 Å². The SMILES string of the molecule is C[C@H]1CCCCO[C@H](CN(C)Cc2ccc3c(c2)OCO3)[C@@H](C)CN([C@@H](C)CO)C(=O)c2cc(NC(=O)Nc3ccc4c(c3)OCO4)ccc2O1. The minimum atomic E-state index is -0.490. The summed E-state index contributed by atoms with van der Waals surface area (Å²) in [5.41, 5.74) is 2.33. The number of benzene rings is 3. The number of fused-ring (bicyclic) bond motifs is 3. The molecule has 3 aromatic rings. The number of rotatable bonds is 8. The average Bonchev–Trinajstić information content (AvgIpc) is 3.78. The predicted molar refractivity (Wildman–Crippen MR) is 191 cm³/mol. The lowest BCUT2D eigenvalue weighted by Gasteiger charge is -2.36. The Labute approximate surface area is 298 Å². The molecular weight excluding hydrogens is 656 g/mol. The molecule has 0 aromatic heterocycles. The molecule has 51 heavy (non-hydrogen) atoms. The van der Waals surface area contributed by atoms with Crippen LogP contribution in [0, 0.1) is 5.92 Å². The van der Waals surface area contributed by atoms with Gasteiger partial charge >= 0.3 is 6.03 Å². The molecular formula is C38H48N4O9. The minimum absolute atomic E-state index is 0.0813. The maximum Gasteiger partial charge on any atom is 0.323 e. The van der Waals surface area contributed by atoms with Gasteiger partial charge in [0.2, 0.25) is 13.6 Å². The van der Waals surface area contributed by atoms with Crippen molar-refractivity contribution in [1.29, 1.82) is 0 Å². The summed E-state index contributed by atoms with van der Waals surface area (Å²) in [6.45, 7) is 8.25. The van der Waals surface area contributed by atoms with Crippen molar-refractivity contribution in [3.05, 3.63) is 65.7 Å². The largest absolute Gasteiger partial charge is 0.490 e. The van der Waals surface area contributed by atoms with Crippen molar-refractivity contribution in [3.63, 3.8) is 0 Å². The molecule has 3 N–H and O–H groups in total. The van der Waals surface area contributed by atoms with Gasteiger partial charge in [0.05, 0.1) is 30.4 Å². The van der Waals surface area contributed by atoms with Crippen molar-refractivity contribution >= 4 is 23.3 Å². The van der Waals surface area contributed by atoms with E-state index in [0.29, 0.717) is 60.4 Å². The predicted octanol–water partition coefficient (Wildman–Crippen LogP) is 5.72. The Balaban J connectivity index is 1.20. The van der Waals surface area contributed by atoms with Gasteiger partial charge < -0.3 is 49.1 Å². The first-order valence-electron chi connectivity index (χ1n) is 17.6. The Morgan fingerprint density at radius 3 is 2.27 bits per heavy atom. The van der Waals surface area contributed by atoms with Gasteiger partial charge in [-0.25, -0.2) is 4.79 Å². The molecule has 0 saturated heterocycles. The van der Waals surface area contributed by atoms with Crippen molar-refractivity contribution in [2.24, 2.45) is 5.92 Å². The Bertz CT molecular complexity index is 1690. The zero-order valence-corrected chi connectivity index (χ0v) is 29.7. The third-order valence-corrected chi connectivity index (χ3v) is 9.32. The number of amides is 3. The fraction of sp³-hybridized carbons (Fsp3) is 0.474. The molecule has 3 aliphatic rings. The zero-order valence-electron chi connectivity index (χ0n) is 29.7. The first-order chi connectivity index (χ1) is 24.7. The molecule has 0 unspecified atom stereocenters. The standard InChI is InChI=1S/C38H48N4O9/c1-24-18-42(25(2)21-43)37(44)30-16-28(39-38(45)40-29-10-13-33-35(17-29)50-23-48-33)9-12-31(30)51-26(3)7-5-6-14-46-36(24)20-41(4)19-27-8-11-32-34(15-27)49-22-47-32/h8-13,15-17,24-26,36,43H,5-7,14,18-23H2,1-4H3,(H2,39,40,45)/t24-,25-,26-,36+/m0/s1. The highest BCUT2D eigenvalue weighted by molar-refractivity contribution is 6.02. The lowest BCUT2D eigenvalue weighted by atomic mass is 10.0. The number of urea groups is 1. The van der Waals surface area contributed by atoms with Crippen LogP contribution in [0.3, 0.4) is 0 Å². The van der Waals surface area contributed by atoms with Crippen LogP contribution < -0.4 is 34.3 Å². The van der Waals surface area contributed by atoms with Gasteiger partial charge in [-0.15, -0.1) is 0 Å². The second-order valence-corrected chi connectivity index (χ2v) is 13.5. The third kappa shape index (κ3) is 9.15. The van der Waals surface area contributed by atoms with E-state index in [1.54, 1.807) is 41.3 Å². The van der Waals surface area contributed by atoms with E-state index in [2.05, 4.69) is 29.5 Å². The summed E-state index contributed by atoms with van der Waals surface area (Å²) in [5.74, 6) is 2.69. The summed E-state index contributed by atoms with van der Waals surface area (Å²) >= 11 is 0. The van der Waals surface area contributed by atoms with Crippen LogP contribution in [0.2, 0.25) is 0 Å². The zero-order chi connectivity index (χ0) is 35.9. The molecule has 13 heteroatoms. The van der Waals surface area contributed by atoms with E-state index in [-0.39, 0.29) is 44.2 Å². The number of aliphatic hydroxyl groups excluding tert-OH is 1. The van der Waals surface area contributed by atoms with Gasteiger partial charge in [-0.3, -0.25) is 9.69 Å².